The number of methoxy groups -OCH3 is 1. The second-order valence-corrected chi connectivity index (χ2v) is 3.00. The molecule has 0 aliphatic heterocycles. The molecule has 3 nitrogen and oxygen atoms in total. The molecule has 1 fully saturated rings. The normalized spacial score (nSPS) is 19.6. The molecule has 0 amide bonds. The van der Waals surface area contributed by atoms with Crippen molar-refractivity contribution in [2.24, 2.45) is 5.41 Å². The molecule has 0 unspecified atom stereocenters. The number of esters is 1. The van der Waals surface area contributed by atoms with Gasteiger partial charge in [-0.25, -0.2) is 0 Å². The quantitative estimate of drug-likeness (QED) is 0.561. The predicted molar refractivity (Wildman–Crippen MR) is 38.5 cm³/mol. The summed E-state index contributed by atoms with van der Waals surface area (Å²) in [5.74, 6) is -0.272. The van der Waals surface area contributed by atoms with E-state index in [1.165, 1.54) is 7.11 Å². The van der Waals surface area contributed by atoms with Crippen LogP contribution in [0.2, 0.25) is 0 Å². The zero-order valence-corrected chi connectivity index (χ0v) is 6.59. The van der Waals surface area contributed by atoms with Crippen molar-refractivity contribution < 1.29 is 9.53 Å². The molecule has 1 aliphatic carbocycles. The summed E-state index contributed by atoms with van der Waals surface area (Å²) in [5, 5.41) is 8.72. The zero-order valence-electron chi connectivity index (χ0n) is 6.59. The van der Waals surface area contributed by atoms with Crippen LogP contribution in [-0.2, 0) is 9.53 Å². The number of rotatable bonds is 2. The minimum absolute atomic E-state index is 0.264. The van der Waals surface area contributed by atoms with E-state index in [-0.39, 0.29) is 17.8 Å². The van der Waals surface area contributed by atoms with Gasteiger partial charge in [0, 0.05) is 0 Å². The van der Waals surface area contributed by atoms with Gasteiger partial charge in [0.2, 0.25) is 0 Å². The van der Waals surface area contributed by atoms with Gasteiger partial charge in [-0.3, -0.25) is 4.79 Å². The third kappa shape index (κ3) is 1.51. The molecule has 0 aromatic heterocycles. The molecular formula is C8H11NO2. The first-order valence-corrected chi connectivity index (χ1v) is 3.70. The fourth-order valence-electron chi connectivity index (χ4n) is 1.28. The standard InChI is InChI=1S/C8H11NO2/c1-11-7(10)5-8(6-9)3-2-4-8/h2-5H2,1H3. The number of carbonyl (C=O) groups excluding carboxylic acids is 1. The monoisotopic (exact) mass is 153 g/mol. The van der Waals surface area contributed by atoms with Crippen LogP contribution in [0.5, 0.6) is 0 Å². The van der Waals surface area contributed by atoms with Gasteiger partial charge in [0.15, 0.2) is 0 Å². The Bertz CT molecular complexity index is 201. The number of ether oxygens (including phenoxy) is 1. The highest BCUT2D eigenvalue weighted by atomic mass is 16.5. The maximum Gasteiger partial charge on any atom is 0.307 e. The van der Waals surface area contributed by atoms with E-state index in [4.69, 9.17) is 5.26 Å². The van der Waals surface area contributed by atoms with Gasteiger partial charge in [-0.2, -0.15) is 5.26 Å². The van der Waals surface area contributed by atoms with Crippen LogP contribution in [-0.4, -0.2) is 13.1 Å². The topological polar surface area (TPSA) is 50.1 Å². The Hall–Kier alpha value is -1.04. The number of nitriles is 1. The van der Waals surface area contributed by atoms with Crippen molar-refractivity contribution in [3.8, 4) is 6.07 Å². The predicted octanol–water partition coefficient (Wildman–Crippen LogP) is 1.24. The minimum Gasteiger partial charge on any atom is -0.469 e. The second-order valence-electron chi connectivity index (χ2n) is 3.00. The Morgan fingerprint density at radius 1 is 1.73 bits per heavy atom. The van der Waals surface area contributed by atoms with Crippen LogP contribution in [0.15, 0.2) is 0 Å². The average molecular weight is 153 g/mol. The lowest BCUT2D eigenvalue weighted by molar-refractivity contribution is -0.143. The molecule has 1 saturated carbocycles. The first kappa shape index (κ1) is 8.06. The summed E-state index contributed by atoms with van der Waals surface area (Å²) < 4.78 is 4.49. The van der Waals surface area contributed by atoms with Gasteiger partial charge in [-0.05, 0) is 12.8 Å². The van der Waals surface area contributed by atoms with Gasteiger partial charge >= 0.3 is 5.97 Å². The van der Waals surface area contributed by atoms with Gasteiger partial charge in [0.25, 0.3) is 0 Å². The fourth-order valence-corrected chi connectivity index (χ4v) is 1.28. The molecule has 11 heavy (non-hydrogen) atoms. The summed E-state index contributed by atoms with van der Waals surface area (Å²) in [6.45, 7) is 0. The molecule has 1 aliphatic rings. The van der Waals surface area contributed by atoms with Crippen molar-refractivity contribution in [1.29, 1.82) is 5.26 Å². The van der Waals surface area contributed by atoms with Gasteiger partial charge in [-0.15, -0.1) is 0 Å². The lowest BCUT2D eigenvalue weighted by Crippen LogP contribution is -2.30. The third-order valence-corrected chi connectivity index (χ3v) is 2.26. The van der Waals surface area contributed by atoms with Crippen molar-refractivity contribution in [3.63, 3.8) is 0 Å². The van der Waals surface area contributed by atoms with Crippen LogP contribution in [0.3, 0.4) is 0 Å². The minimum atomic E-state index is -0.382. The van der Waals surface area contributed by atoms with E-state index in [1.54, 1.807) is 0 Å². The summed E-state index contributed by atoms with van der Waals surface area (Å²) >= 11 is 0. The first-order valence-electron chi connectivity index (χ1n) is 3.70. The molecule has 0 N–H and O–H groups in total. The highest BCUT2D eigenvalue weighted by molar-refractivity contribution is 5.70. The zero-order chi connectivity index (χ0) is 8.32. The van der Waals surface area contributed by atoms with E-state index in [0.717, 1.165) is 19.3 Å². The van der Waals surface area contributed by atoms with Crippen LogP contribution < -0.4 is 0 Å². The summed E-state index contributed by atoms with van der Waals surface area (Å²) in [5.41, 5.74) is -0.382. The summed E-state index contributed by atoms with van der Waals surface area (Å²) in [6, 6.07) is 2.18. The Kier molecular flexibility index (Phi) is 2.13. The molecule has 0 atom stereocenters. The molecular weight excluding hydrogens is 142 g/mol. The lowest BCUT2D eigenvalue weighted by atomic mass is 9.68. The summed E-state index contributed by atoms with van der Waals surface area (Å²) in [7, 11) is 1.35. The molecule has 3 heteroatoms. The number of hydrogen-bond donors (Lipinski definition) is 0. The Morgan fingerprint density at radius 2 is 2.36 bits per heavy atom. The smallest absolute Gasteiger partial charge is 0.307 e. The molecule has 1 rings (SSSR count). The molecule has 0 spiro atoms. The Morgan fingerprint density at radius 3 is 2.64 bits per heavy atom. The van der Waals surface area contributed by atoms with E-state index < -0.39 is 0 Å². The van der Waals surface area contributed by atoms with Gasteiger partial charge in [0.05, 0.1) is 25.0 Å². The average Bonchev–Trinajstić information content (AvgIpc) is 1.96. The van der Waals surface area contributed by atoms with Gasteiger partial charge < -0.3 is 4.74 Å². The van der Waals surface area contributed by atoms with Crippen LogP contribution in [0.1, 0.15) is 25.7 Å². The number of carbonyl (C=O) groups is 1. The van der Waals surface area contributed by atoms with E-state index in [2.05, 4.69) is 10.8 Å². The molecule has 0 aromatic carbocycles. The maximum atomic E-state index is 10.8. The molecule has 60 valence electrons. The van der Waals surface area contributed by atoms with E-state index in [1.807, 2.05) is 0 Å². The molecule has 0 bridgehead atoms. The Labute approximate surface area is 66.0 Å². The maximum absolute atomic E-state index is 10.8. The van der Waals surface area contributed by atoms with Crippen LogP contribution >= 0.6 is 0 Å². The number of hydrogen-bond acceptors (Lipinski definition) is 3. The van der Waals surface area contributed by atoms with Crippen LogP contribution in [0.4, 0.5) is 0 Å². The van der Waals surface area contributed by atoms with E-state index in [0.29, 0.717) is 0 Å². The summed E-state index contributed by atoms with van der Waals surface area (Å²) in [6.07, 6.45) is 3.02. The van der Waals surface area contributed by atoms with E-state index >= 15 is 0 Å². The second kappa shape index (κ2) is 2.91. The van der Waals surface area contributed by atoms with Crippen molar-refractivity contribution in [2.75, 3.05) is 7.11 Å². The fraction of sp³-hybridized carbons (Fsp3) is 0.750. The van der Waals surface area contributed by atoms with Crippen molar-refractivity contribution in [1.82, 2.24) is 0 Å². The molecule has 0 radical (unpaired) electrons. The van der Waals surface area contributed by atoms with Crippen molar-refractivity contribution >= 4 is 5.97 Å². The highest BCUT2D eigenvalue weighted by Gasteiger charge is 2.39. The van der Waals surface area contributed by atoms with E-state index in [9.17, 15) is 4.79 Å². The largest absolute Gasteiger partial charge is 0.469 e. The van der Waals surface area contributed by atoms with Crippen molar-refractivity contribution in [2.45, 2.75) is 25.7 Å². The van der Waals surface area contributed by atoms with Crippen LogP contribution in [0, 0.1) is 16.7 Å². The molecule has 0 heterocycles. The lowest BCUT2D eigenvalue weighted by Gasteiger charge is -2.33. The van der Waals surface area contributed by atoms with Gasteiger partial charge in [0.1, 0.15) is 0 Å². The van der Waals surface area contributed by atoms with Gasteiger partial charge in [-0.1, -0.05) is 6.42 Å². The molecule has 0 aromatic rings. The molecule has 0 saturated heterocycles. The number of nitrogens with zero attached hydrogens (tertiary/aromatic N) is 1. The summed E-state index contributed by atoms with van der Waals surface area (Å²) in [4.78, 5) is 10.8. The highest BCUT2D eigenvalue weighted by Crippen LogP contribution is 2.43. The third-order valence-electron chi connectivity index (χ3n) is 2.26. The Balaban J connectivity index is 2.46. The van der Waals surface area contributed by atoms with Crippen LogP contribution in [0.25, 0.3) is 0 Å². The SMILES string of the molecule is COC(=O)CC1(C#N)CCC1. The first-order chi connectivity index (χ1) is 5.22. The van der Waals surface area contributed by atoms with Crippen molar-refractivity contribution in [3.05, 3.63) is 0 Å².